The van der Waals surface area contributed by atoms with E-state index in [9.17, 15) is 23.5 Å². The van der Waals surface area contributed by atoms with Crippen molar-refractivity contribution in [3.63, 3.8) is 0 Å². The molecule has 2 N–H and O–H groups in total. The molecule has 2 unspecified atom stereocenters. The zero-order chi connectivity index (χ0) is 22.4. The van der Waals surface area contributed by atoms with Gasteiger partial charge in [-0.3, -0.25) is 9.59 Å². The fraction of sp³-hybridized carbons (Fsp3) is 0.429. The van der Waals surface area contributed by atoms with Gasteiger partial charge in [0, 0.05) is 50.8 Å². The molecule has 2 aromatic rings. The Kier molecular flexibility index (Phi) is 5.76. The number of nitrogens with one attached hydrogen (secondary N) is 1. The first-order valence-corrected chi connectivity index (χ1v) is 10.3. The van der Waals surface area contributed by atoms with E-state index >= 15 is 0 Å². The monoisotopic (exact) mass is 453 g/mol. The molecule has 0 aliphatic carbocycles. The number of rotatable bonds is 6. The number of ether oxygens (including phenoxy) is 1. The Bertz CT molecular complexity index is 1120. The van der Waals surface area contributed by atoms with Crippen molar-refractivity contribution in [2.24, 2.45) is 0 Å². The Morgan fingerprint density at radius 2 is 2.03 bits per heavy atom. The molecule has 0 saturated heterocycles. The van der Waals surface area contributed by atoms with Crippen LogP contribution in [0.15, 0.2) is 16.9 Å². The highest BCUT2D eigenvalue weighted by molar-refractivity contribution is 6.30. The molecule has 3 heterocycles. The van der Waals surface area contributed by atoms with Crippen LogP contribution in [0.2, 0.25) is 5.02 Å². The lowest BCUT2D eigenvalue weighted by Gasteiger charge is -2.33. The third-order valence-corrected chi connectivity index (χ3v) is 6.35. The Morgan fingerprint density at radius 1 is 1.29 bits per heavy atom. The van der Waals surface area contributed by atoms with Crippen molar-refractivity contribution < 1.29 is 23.4 Å². The molecule has 2 aliphatic heterocycles. The van der Waals surface area contributed by atoms with E-state index in [0.717, 1.165) is 6.07 Å². The summed E-state index contributed by atoms with van der Waals surface area (Å²) in [5.74, 6) is -2.71. The van der Waals surface area contributed by atoms with Gasteiger partial charge in [-0.1, -0.05) is 17.7 Å². The molecular weight excluding hydrogens is 432 g/mol. The van der Waals surface area contributed by atoms with Crippen molar-refractivity contribution >= 4 is 17.5 Å². The van der Waals surface area contributed by atoms with Gasteiger partial charge in [0.1, 0.15) is 16.7 Å². The summed E-state index contributed by atoms with van der Waals surface area (Å²) < 4.78 is 34.8. The van der Waals surface area contributed by atoms with Crippen molar-refractivity contribution in [3.8, 4) is 5.75 Å². The molecule has 0 fully saturated rings. The summed E-state index contributed by atoms with van der Waals surface area (Å²) in [7, 11) is 1.53. The van der Waals surface area contributed by atoms with Crippen LogP contribution in [0.5, 0.6) is 5.75 Å². The van der Waals surface area contributed by atoms with Gasteiger partial charge in [-0.15, -0.1) is 0 Å². The minimum absolute atomic E-state index is 0.00525. The predicted molar refractivity (Wildman–Crippen MR) is 109 cm³/mol. The van der Waals surface area contributed by atoms with Crippen molar-refractivity contribution in [1.82, 2.24) is 14.8 Å². The van der Waals surface area contributed by atoms with Crippen LogP contribution in [0, 0.1) is 11.6 Å². The molecular formula is C21H22ClF2N3O4. The average Bonchev–Trinajstić information content (AvgIpc) is 3.12. The molecule has 0 saturated carbocycles. The van der Waals surface area contributed by atoms with E-state index in [1.807, 2.05) is 6.92 Å². The molecule has 4 rings (SSSR count). The first-order chi connectivity index (χ1) is 14.8. The van der Waals surface area contributed by atoms with E-state index in [-0.39, 0.29) is 36.0 Å². The van der Waals surface area contributed by atoms with Gasteiger partial charge in [-0.2, -0.15) is 0 Å². The molecule has 2 aliphatic rings. The van der Waals surface area contributed by atoms with E-state index in [4.69, 9.17) is 16.3 Å². The maximum Gasteiger partial charge on any atom is 0.274 e. The Labute approximate surface area is 182 Å². The predicted octanol–water partition coefficient (Wildman–Crippen LogP) is 2.88. The number of benzene rings is 1. The normalized spacial score (nSPS) is 19.8. The highest BCUT2D eigenvalue weighted by atomic mass is 35.5. The number of aromatic hydroxyl groups is 1. The fourth-order valence-electron chi connectivity index (χ4n) is 4.46. The first-order valence-electron chi connectivity index (χ1n) is 9.95. The number of carbonyl (C=O) groups excluding carboxylic acids is 1. The summed E-state index contributed by atoms with van der Waals surface area (Å²) in [6.07, 6.45) is 0.140. The van der Waals surface area contributed by atoms with Crippen LogP contribution in [-0.2, 0) is 17.8 Å². The van der Waals surface area contributed by atoms with Crippen LogP contribution < -0.4 is 10.7 Å². The van der Waals surface area contributed by atoms with E-state index < -0.39 is 39.8 Å². The van der Waals surface area contributed by atoms with Crippen LogP contribution in [-0.4, -0.2) is 40.7 Å². The third kappa shape index (κ3) is 3.40. The number of pyridine rings is 1. The van der Waals surface area contributed by atoms with E-state index in [1.165, 1.54) is 13.2 Å². The van der Waals surface area contributed by atoms with Gasteiger partial charge in [-0.05, 0) is 13.0 Å². The van der Waals surface area contributed by atoms with Crippen LogP contribution in [0.3, 0.4) is 0 Å². The number of methoxy groups -OCH3 is 1. The van der Waals surface area contributed by atoms with E-state index in [0.29, 0.717) is 25.2 Å². The van der Waals surface area contributed by atoms with E-state index in [1.54, 1.807) is 9.47 Å². The van der Waals surface area contributed by atoms with Crippen LogP contribution in [0.25, 0.3) is 0 Å². The second-order valence-corrected chi connectivity index (χ2v) is 8.03. The van der Waals surface area contributed by atoms with Gasteiger partial charge in [-0.25, -0.2) is 8.78 Å². The molecule has 10 heteroatoms. The highest BCUT2D eigenvalue weighted by Gasteiger charge is 2.43. The Hall–Kier alpha value is -2.49. The Morgan fingerprint density at radius 3 is 2.71 bits per heavy atom. The summed E-state index contributed by atoms with van der Waals surface area (Å²) in [4.78, 5) is 27.4. The smallest absolute Gasteiger partial charge is 0.274 e. The fourth-order valence-corrected chi connectivity index (χ4v) is 4.65. The van der Waals surface area contributed by atoms with Crippen molar-refractivity contribution in [3.05, 3.63) is 61.5 Å². The number of hydrogen-bond donors (Lipinski definition) is 2. The van der Waals surface area contributed by atoms with Gasteiger partial charge in [0.25, 0.3) is 5.91 Å². The molecule has 0 radical (unpaired) electrons. The number of halogens is 3. The number of hydrogen-bond acceptors (Lipinski definition) is 5. The summed E-state index contributed by atoms with van der Waals surface area (Å²) in [6, 6.07) is 2.22. The molecule has 1 aromatic carbocycles. The van der Waals surface area contributed by atoms with Gasteiger partial charge in [0.05, 0.1) is 17.8 Å². The third-order valence-electron chi connectivity index (χ3n) is 6.00. The number of amides is 1. The number of aromatic nitrogens is 1. The molecule has 166 valence electrons. The lowest BCUT2D eigenvalue weighted by atomic mass is 10.1. The average molecular weight is 454 g/mol. The zero-order valence-corrected chi connectivity index (χ0v) is 17.8. The molecule has 0 spiro atoms. The summed E-state index contributed by atoms with van der Waals surface area (Å²) in [6.45, 7) is 2.74. The van der Waals surface area contributed by atoms with Crippen molar-refractivity contribution in [2.45, 2.75) is 38.6 Å². The van der Waals surface area contributed by atoms with Crippen molar-refractivity contribution in [1.29, 1.82) is 0 Å². The van der Waals surface area contributed by atoms with E-state index in [2.05, 4.69) is 5.32 Å². The minimum atomic E-state index is -0.871. The Balaban J connectivity index is 1.70. The maximum atomic E-state index is 14.2. The zero-order valence-electron chi connectivity index (χ0n) is 17.0. The quantitative estimate of drug-likeness (QED) is 0.657. The number of nitrogens with zero attached hydrogens (tertiary/aromatic N) is 2. The topological polar surface area (TPSA) is 83.8 Å². The SMILES string of the molecule is CCN1CC2CC(OC)c3c(CNCc4ccc(F)c(Cl)c4F)c(=O)c(O)c(n32)C1=O. The highest BCUT2D eigenvalue weighted by Crippen LogP contribution is 2.43. The van der Waals surface area contributed by atoms with Crippen LogP contribution >= 0.6 is 11.6 Å². The maximum absolute atomic E-state index is 14.2. The van der Waals surface area contributed by atoms with Crippen molar-refractivity contribution in [2.75, 3.05) is 20.2 Å². The number of carbonyl (C=O) groups is 1. The molecule has 0 bridgehead atoms. The molecule has 7 nitrogen and oxygen atoms in total. The molecule has 1 amide bonds. The second kappa shape index (κ2) is 8.22. The number of likely N-dealkylation sites (N-methyl/N-ethyl adjacent to an activating group) is 1. The first kappa shape index (κ1) is 21.7. The van der Waals surface area contributed by atoms with Gasteiger partial charge < -0.3 is 24.6 Å². The van der Waals surface area contributed by atoms with Gasteiger partial charge in [0.2, 0.25) is 5.43 Å². The summed E-state index contributed by atoms with van der Waals surface area (Å²) >= 11 is 5.62. The lowest BCUT2D eigenvalue weighted by Crippen LogP contribution is -2.43. The standard InChI is InChI=1S/C21H22ClF2N3O4/c1-3-26-9-11-6-14(31-2)17-12(19(28)20(29)18(21(26)30)27(11)17)8-25-7-10-4-5-13(23)15(22)16(10)24/h4-5,11,14,25,29H,3,6-9H2,1-2H3. The van der Waals surface area contributed by atoms with Crippen LogP contribution in [0.1, 0.15) is 52.8 Å². The van der Waals surface area contributed by atoms with Crippen LogP contribution in [0.4, 0.5) is 8.78 Å². The lowest BCUT2D eigenvalue weighted by molar-refractivity contribution is 0.0653. The van der Waals surface area contributed by atoms with Gasteiger partial charge in [0.15, 0.2) is 11.4 Å². The minimum Gasteiger partial charge on any atom is -0.503 e. The molecule has 1 aromatic heterocycles. The largest absolute Gasteiger partial charge is 0.503 e. The molecule has 31 heavy (non-hydrogen) atoms. The molecule has 2 atom stereocenters. The second-order valence-electron chi connectivity index (χ2n) is 7.66. The van der Waals surface area contributed by atoms with Gasteiger partial charge >= 0.3 is 0 Å². The summed E-state index contributed by atoms with van der Waals surface area (Å²) in [5, 5.41) is 13.0. The summed E-state index contributed by atoms with van der Waals surface area (Å²) in [5.41, 5.74) is 0.250.